The number of hydrogen-bond donors (Lipinski definition) is 0. The molecule has 0 saturated carbocycles. The molecule has 1 aliphatic rings. The second-order valence-electron chi connectivity index (χ2n) is 4.71. The Morgan fingerprint density at radius 2 is 1.53 bits per heavy atom. The molecule has 17 heavy (non-hydrogen) atoms. The van der Waals surface area contributed by atoms with Crippen LogP contribution in [0.1, 0.15) is 30.1 Å². The summed E-state index contributed by atoms with van der Waals surface area (Å²) in [4.78, 5) is 2.53. The summed E-state index contributed by atoms with van der Waals surface area (Å²) in [5.74, 6) is 0. The van der Waals surface area contributed by atoms with Crippen LogP contribution in [0.3, 0.4) is 0 Å². The molecule has 1 fully saturated rings. The Kier molecular flexibility index (Phi) is 2.69. The van der Waals surface area contributed by atoms with E-state index in [4.69, 9.17) is 0 Å². The van der Waals surface area contributed by atoms with E-state index in [-0.39, 0.29) is 0 Å². The van der Waals surface area contributed by atoms with Gasteiger partial charge in [-0.1, -0.05) is 60.7 Å². The fourth-order valence-corrected chi connectivity index (χ4v) is 2.48. The highest BCUT2D eigenvalue weighted by molar-refractivity contribution is 5.27. The molecule has 1 nitrogen and oxygen atoms in total. The van der Waals surface area contributed by atoms with Gasteiger partial charge >= 0.3 is 0 Å². The number of rotatable bonds is 3. The first-order valence-electron chi connectivity index (χ1n) is 6.22. The van der Waals surface area contributed by atoms with Gasteiger partial charge in [-0.25, -0.2) is 0 Å². The number of benzene rings is 2. The first kappa shape index (κ1) is 10.5. The molecule has 0 radical (unpaired) electrons. The van der Waals surface area contributed by atoms with Gasteiger partial charge in [0.15, 0.2) is 0 Å². The van der Waals surface area contributed by atoms with Crippen molar-refractivity contribution >= 4 is 0 Å². The number of nitrogens with zero attached hydrogens (tertiary/aromatic N) is 1. The second-order valence-corrected chi connectivity index (χ2v) is 4.71. The van der Waals surface area contributed by atoms with Crippen LogP contribution in [0.15, 0.2) is 60.7 Å². The first-order chi connectivity index (χ1) is 8.36. The van der Waals surface area contributed by atoms with Crippen molar-refractivity contribution in [3.05, 3.63) is 71.8 Å². The Morgan fingerprint density at radius 3 is 2.18 bits per heavy atom. The highest BCUT2D eigenvalue weighted by Gasteiger charge is 2.38. The molecule has 0 amide bonds. The van der Waals surface area contributed by atoms with Crippen LogP contribution in [0, 0.1) is 0 Å². The van der Waals surface area contributed by atoms with E-state index >= 15 is 0 Å². The van der Waals surface area contributed by atoms with Crippen molar-refractivity contribution in [1.82, 2.24) is 4.90 Å². The van der Waals surface area contributed by atoms with E-state index in [0.717, 1.165) is 0 Å². The summed E-state index contributed by atoms with van der Waals surface area (Å²) >= 11 is 0. The van der Waals surface area contributed by atoms with Gasteiger partial charge in [0.2, 0.25) is 0 Å². The highest BCUT2D eigenvalue weighted by Crippen LogP contribution is 2.42. The molecule has 86 valence electrons. The van der Waals surface area contributed by atoms with E-state index < -0.39 is 0 Å². The van der Waals surface area contributed by atoms with Gasteiger partial charge in [-0.05, 0) is 18.1 Å². The smallest absolute Gasteiger partial charge is 0.0482 e. The van der Waals surface area contributed by atoms with Crippen LogP contribution in [0.5, 0.6) is 0 Å². The molecule has 1 heterocycles. The molecule has 1 heteroatoms. The summed E-state index contributed by atoms with van der Waals surface area (Å²) in [5.41, 5.74) is 2.85. The maximum Gasteiger partial charge on any atom is 0.0482 e. The molecular weight excluding hydrogens is 206 g/mol. The Hall–Kier alpha value is -1.60. The fraction of sp³-hybridized carbons (Fsp3) is 0.250. The van der Waals surface area contributed by atoms with E-state index in [1.807, 2.05) is 0 Å². The summed E-state index contributed by atoms with van der Waals surface area (Å²) in [6.07, 6.45) is 0. The van der Waals surface area contributed by atoms with E-state index in [1.54, 1.807) is 0 Å². The first-order valence-corrected chi connectivity index (χ1v) is 6.22. The van der Waals surface area contributed by atoms with Gasteiger partial charge in [0.05, 0.1) is 0 Å². The maximum absolute atomic E-state index is 2.53. The Bertz CT molecular complexity index is 477. The third kappa shape index (κ3) is 2.11. The predicted octanol–water partition coefficient (Wildman–Crippen LogP) is 3.80. The summed E-state index contributed by atoms with van der Waals surface area (Å²) in [6, 6.07) is 22.6. The van der Waals surface area contributed by atoms with Gasteiger partial charge in [-0.2, -0.15) is 0 Å². The minimum Gasteiger partial charge on any atom is -0.286 e. The van der Waals surface area contributed by atoms with Gasteiger partial charge in [-0.15, -0.1) is 0 Å². The third-order valence-electron chi connectivity index (χ3n) is 3.61. The summed E-state index contributed by atoms with van der Waals surface area (Å²) in [7, 11) is 0. The molecule has 2 unspecified atom stereocenters. The van der Waals surface area contributed by atoms with Crippen LogP contribution in [0.2, 0.25) is 0 Å². The van der Waals surface area contributed by atoms with Crippen molar-refractivity contribution < 1.29 is 0 Å². The lowest BCUT2D eigenvalue weighted by atomic mass is 10.1. The molecule has 0 spiro atoms. The average Bonchev–Trinajstić information content (AvgIpc) is 3.20. The van der Waals surface area contributed by atoms with Gasteiger partial charge in [-0.3, -0.25) is 4.90 Å². The molecule has 1 aliphatic heterocycles. The summed E-state index contributed by atoms with van der Waals surface area (Å²) < 4.78 is 0. The summed E-state index contributed by atoms with van der Waals surface area (Å²) in [5, 5.41) is 0. The lowest BCUT2D eigenvalue weighted by Crippen LogP contribution is -2.05. The molecular formula is C16H17N. The SMILES string of the molecule is C[C@H](c1ccccc1)N1CC1c1ccccc1. The van der Waals surface area contributed by atoms with Gasteiger partial charge in [0.1, 0.15) is 0 Å². The molecule has 2 aromatic rings. The molecule has 1 saturated heterocycles. The average molecular weight is 223 g/mol. The van der Waals surface area contributed by atoms with Crippen LogP contribution >= 0.6 is 0 Å². The molecule has 0 aliphatic carbocycles. The zero-order valence-corrected chi connectivity index (χ0v) is 10.1. The molecule has 0 N–H and O–H groups in total. The van der Waals surface area contributed by atoms with Crippen LogP contribution in [-0.2, 0) is 0 Å². The van der Waals surface area contributed by atoms with Crippen molar-refractivity contribution in [2.24, 2.45) is 0 Å². The van der Waals surface area contributed by atoms with Gasteiger partial charge < -0.3 is 0 Å². The Balaban J connectivity index is 1.73. The van der Waals surface area contributed by atoms with E-state index in [2.05, 4.69) is 72.5 Å². The highest BCUT2D eigenvalue weighted by atomic mass is 15.3. The van der Waals surface area contributed by atoms with Crippen molar-refractivity contribution in [3.8, 4) is 0 Å². The monoisotopic (exact) mass is 223 g/mol. The minimum absolute atomic E-state index is 0.515. The van der Waals surface area contributed by atoms with Crippen LogP contribution < -0.4 is 0 Å². The molecule has 0 aromatic heterocycles. The molecule has 3 atom stereocenters. The van der Waals surface area contributed by atoms with Crippen molar-refractivity contribution in [1.29, 1.82) is 0 Å². The second kappa shape index (κ2) is 4.34. The van der Waals surface area contributed by atoms with Crippen molar-refractivity contribution in [2.75, 3.05) is 6.54 Å². The van der Waals surface area contributed by atoms with Gasteiger partial charge in [0, 0.05) is 18.6 Å². The standard InChI is InChI=1S/C16H17N/c1-13(14-8-4-2-5-9-14)17-12-16(17)15-10-6-3-7-11-15/h2-11,13,16H,12H2,1H3/t13-,16?,17?/m1/s1. The fourth-order valence-electron chi connectivity index (χ4n) is 2.48. The van der Waals surface area contributed by atoms with Crippen LogP contribution in [0.4, 0.5) is 0 Å². The number of hydrogen-bond acceptors (Lipinski definition) is 1. The zero-order chi connectivity index (χ0) is 11.7. The third-order valence-corrected chi connectivity index (χ3v) is 3.61. The lowest BCUT2D eigenvalue weighted by Gasteiger charge is -2.14. The molecule has 0 bridgehead atoms. The predicted molar refractivity (Wildman–Crippen MR) is 70.7 cm³/mol. The Labute approximate surface area is 103 Å². The zero-order valence-electron chi connectivity index (χ0n) is 10.1. The van der Waals surface area contributed by atoms with Gasteiger partial charge in [0.25, 0.3) is 0 Å². The van der Waals surface area contributed by atoms with Crippen LogP contribution in [-0.4, -0.2) is 11.4 Å². The van der Waals surface area contributed by atoms with E-state index in [0.29, 0.717) is 12.1 Å². The molecule has 2 aromatic carbocycles. The largest absolute Gasteiger partial charge is 0.286 e. The van der Waals surface area contributed by atoms with Crippen molar-refractivity contribution in [3.63, 3.8) is 0 Å². The minimum atomic E-state index is 0.515. The topological polar surface area (TPSA) is 3.01 Å². The Morgan fingerprint density at radius 1 is 0.941 bits per heavy atom. The van der Waals surface area contributed by atoms with E-state index in [9.17, 15) is 0 Å². The van der Waals surface area contributed by atoms with E-state index in [1.165, 1.54) is 17.7 Å². The molecule has 3 rings (SSSR count). The maximum atomic E-state index is 2.53. The quantitative estimate of drug-likeness (QED) is 0.715. The summed E-state index contributed by atoms with van der Waals surface area (Å²) in [6.45, 7) is 3.47. The normalized spacial score (nSPS) is 24.3. The van der Waals surface area contributed by atoms with Crippen LogP contribution in [0.25, 0.3) is 0 Å². The van der Waals surface area contributed by atoms with Crippen molar-refractivity contribution in [2.45, 2.75) is 19.0 Å². The lowest BCUT2D eigenvalue weighted by molar-refractivity contribution is 0.410.